The number of benzene rings is 1. The molecule has 0 radical (unpaired) electrons. The van der Waals surface area contributed by atoms with Crippen LogP contribution in [0.1, 0.15) is 45.1 Å². The van der Waals surface area contributed by atoms with Gasteiger partial charge in [0.15, 0.2) is 0 Å². The van der Waals surface area contributed by atoms with Crippen molar-refractivity contribution in [2.75, 3.05) is 26.2 Å². The zero-order valence-corrected chi connectivity index (χ0v) is 15.9. The molecule has 2 amide bonds. The number of rotatable bonds is 5. The number of carbonyl (C=O) groups excluding carboxylic acids is 2. The van der Waals surface area contributed by atoms with Gasteiger partial charge >= 0.3 is 0 Å². The highest BCUT2D eigenvalue weighted by Gasteiger charge is 2.42. The van der Waals surface area contributed by atoms with Crippen LogP contribution >= 0.6 is 0 Å². The van der Waals surface area contributed by atoms with E-state index >= 15 is 0 Å². The van der Waals surface area contributed by atoms with E-state index < -0.39 is 0 Å². The summed E-state index contributed by atoms with van der Waals surface area (Å²) in [6.45, 7) is 7.33. The van der Waals surface area contributed by atoms with Crippen LogP contribution in [0.4, 0.5) is 0 Å². The first-order chi connectivity index (χ1) is 12.5. The standard InChI is InChI=1S/C21H30N2O3/c1-3-26-17(2)20(25)22-13-11-21(12-14-22)10-9-19(24)23(16-21)15-18-7-5-4-6-8-18/h4-8,17H,3,9-16H2,1-2H3. The molecule has 1 unspecified atom stereocenters. The molecule has 1 aromatic carbocycles. The van der Waals surface area contributed by atoms with Gasteiger partial charge in [0.05, 0.1) is 0 Å². The quantitative estimate of drug-likeness (QED) is 0.813. The van der Waals surface area contributed by atoms with Gasteiger partial charge in [0.25, 0.3) is 5.91 Å². The highest BCUT2D eigenvalue weighted by atomic mass is 16.5. The summed E-state index contributed by atoms with van der Waals surface area (Å²) in [6.07, 6.45) is 3.14. The van der Waals surface area contributed by atoms with Gasteiger partial charge in [-0.2, -0.15) is 0 Å². The third-order valence-corrected chi connectivity index (χ3v) is 5.86. The fourth-order valence-electron chi connectivity index (χ4n) is 4.24. The fourth-order valence-corrected chi connectivity index (χ4v) is 4.24. The zero-order chi connectivity index (χ0) is 18.6. The van der Waals surface area contributed by atoms with Crippen LogP contribution in [0.3, 0.4) is 0 Å². The molecule has 1 spiro atoms. The number of ether oxygens (including phenoxy) is 1. The van der Waals surface area contributed by atoms with Gasteiger partial charge in [-0.25, -0.2) is 0 Å². The molecule has 1 atom stereocenters. The van der Waals surface area contributed by atoms with E-state index in [1.807, 2.05) is 41.8 Å². The molecule has 0 saturated carbocycles. The first-order valence-corrected chi connectivity index (χ1v) is 9.75. The number of hydrogen-bond acceptors (Lipinski definition) is 3. The Labute approximate surface area is 156 Å². The molecule has 142 valence electrons. The highest BCUT2D eigenvalue weighted by Crippen LogP contribution is 2.40. The molecule has 2 saturated heterocycles. The summed E-state index contributed by atoms with van der Waals surface area (Å²) >= 11 is 0. The molecule has 3 rings (SSSR count). The monoisotopic (exact) mass is 358 g/mol. The van der Waals surface area contributed by atoms with Crippen molar-refractivity contribution < 1.29 is 14.3 Å². The first-order valence-electron chi connectivity index (χ1n) is 9.75. The largest absolute Gasteiger partial charge is 0.369 e. The third-order valence-electron chi connectivity index (χ3n) is 5.86. The summed E-state index contributed by atoms with van der Waals surface area (Å²) in [7, 11) is 0. The minimum absolute atomic E-state index is 0.0923. The van der Waals surface area contributed by atoms with Gasteiger partial charge in [-0.15, -0.1) is 0 Å². The van der Waals surface area contributed by atoms with Crippen molar-refractivity contribution >= 4 is 11.8 Å². The molecule has 2 aliphatic rings. The minimum atomic E-state index is -0.364. The maximum atomic E-state index is 12.5. The van der Waals surface area contributed by atoms with Crippen LogP contribution in [0.2, 0.25) is 0 Å². The topological polar surface area (TPSA) is 49.9 Å². The average molecular weight is 358 g/mol. The number of likely N-dealkylation sites (tertiary alicyclic amines) is 2. The molecule has 2 aliphatic heterocycles. The van der Waals surface area contributed by atoms with Crippen LogP contribution in [0.25, 0.3) is 0 Å². The SMILES string of the molecule is CCOC(C)C(=O)N1CCC2(CCC(=O)N(Cc3ccccc3)C2)CC1. The molecule has 26 heavy (non-hydrogen) atoms. The molecular formula is C21H30N2O3. The Morgan fingerprint density at radius 1 is 1.19 bits per heavy atom. The van der Waals surface area contributed by atoms with E-state index in [2.05, 4.69) is 12.1 Å². The molecule has 5 heteroatoms. The van der Waals surface area contributed by atoms with Crippen molar-refractivity contribution in [3.63, 3.8) is 0 Å². The van der Waals surface area contributed by atoms with Gasteiger partial charge in [0.2, 0.25) is 5.91 Å². The molecule has 0 N–H and O–H groups in total. The first kappa shape index (κ1) is 18.9. The summed E-state index contributed by atoms with van der Waals surface area (Å²) in [5.41, 5.74) is 1.34. The Kier molecular flexibility index (Phi) is 5.97. The summed E-state index contributed by atoms with van der Waals surface area (Å²) in [5, 5.41) is 0. The van der Waals surface area contributed by atoms with Gasteiger partial charge in [-0.1, -0.05) is 30.3 Å². The minimum Gasteiger partial charge on any atom is -0.369 e. The third kappa shape index (κ3) is 4.26. The summed E-state index contributed by atoms with van der Waals surface area (Å²) in [4.78, 5) is 28.8. The van der Waals surface area contributed by atoms with Crippen LogP contribution in [0.15, 0.2) is 30.3 Å². The van der Waals surface area contributed by atoms with Gasteiger partial charge in [0, 0.05) is 39.2 Å². The van der Waals surface area contributed by atoms with E-state index in [0.29, 0.717) is 19.6 Å². The summed E-state index contributed by atoms with van der Waals surface area (Å²) in [5.74, 6) is 0.345. The Morgan fingerprint density at radius 2 is 1.88 bits per heavy atom. The Bertz CT molecular complexity index is 623. The van der Waals surface area contributed by atoms with Crippen molar-refractivity contribution in [2.45, 2.75) is 52.2 Å². The number of hydrogen-bond donors (Lipinski definition) is 0. The van der Waals surface area contributed by atoms with Gasteiger partial charge < -0.3 is 14.5 Å². The highest BCUT2D eigenvalue weighted by molar-refractivity contribution is 5.80. The van der Waals surface area contributed by atoms with E-state index in [1.165, 1.54) is 5.56 Å². The van der Waals surface area contributed by atoms with Gasteiger partial charge in [-0.3, -0.25) is 9.59 Å². The van der Waals surface area contributed by atoms with Crippen LogP contribution in [-0.4, -0.2) is 54.0 Å². The zero-order valence-electron chi connectivity index (χ0n) is 15.9. The fraction of sp³-hybridized carbons (Fsp3) is 0.619. The second-order valence-electron chi connectivity index (χ2n) is 7.66. The van der Waals surface area contributed by atoms with Gasteiger partial charge in [-0.05, 0) is 44.1 Å². The van der Waals surface area contributed by atoms with Crippen molar-refractivity contribution in [1.82, 2.24) is 9.80 Å². The van der Waals surface area contributed by atoms with Crippen LogP contribution < -0.4 is 0 Å². The molecule has 0 aromatic heterocycles. The maximum absolute atomic E-state index is 12.5. The molecule has 2 fully saturated rings. The smallest absolute Gasteiger partial charge is 0.251 e. The Morgan fingerprint density at radius 3 is 2.54 bits per heavy atom. The Hall–Kier alpha value is -1.88. The summed E-state index contributed by atoms with van der Waals surface area (Å²) < 4.78 is 5.45. The number of piperidine rings is 2. The van der Waals surface area contributed by atoms with Crippen molar-refractivity contribution in [1.29, 1.82) is 0 Å². The second-order valence-corrected chi connectivity index (χ2v) is 7.66. The Balaban J connectivity index is 1.59. The van der Waals surface area contributed by atoms with Crippen LogP contribution in [0.5, 0.6) is 0 Å². The second kappa shape index (κ2) is 8.21. The van der Waals surface area contributed by atoms with E-state index in [0.717, 1.165) is 38.9 Å². The lowest BCUT2D eigenvalue weighted by atomic mass is 9.72. The molecule has 2 heterocycles. The normalized spacial score (nSPS) is 21.1. The lowest BCUT2D eigenvalue weighted by molar-refractivity contribution is -0.148. The predicted octanol–water partition coefficient (Wildman–Crippen LogP) is 2.84. The lowest BCUT2D eigenvalue weighted by Crippen LogP contribution is -2.53. The van der Waals surface area contributed by atoms with E-state index in [1.54, 1.807) is 0 Å². The molecule has 0 aliphatic carbocycles. The van der Waals surface area contributed by atoms with Crippen molar-refractivity contribution in [2.24, 2.45) is 5.41 Å². The van der Waals surface area contributed by atoms with E-state index in [4.69, 9.17) is 4.74 Å². The maximum Gasteiger partial charge on any atom is 0.251 e. The van der Waals surface area contributed by atoms with Crippen molar-refractivity contribution in [3.05, 3.63) is 35.9 Å². The molecule has 5 nitrogen and oxygen atoms in total. The van der Waals surface area contributed by atoms with Crippen LogP contribution in [0, 0.1) is 5.41 Å². The van der Waals surface area contributed by atoms with Crippen LogP contribution in [-0.2, 0) is 20.9 Å². The molecular weight excluding hydrogens is 328 g/mol. The van der Waals surface area contributed by atoms with Gasteiger partial charge in [0.1, 0.15) is 6.10 Å². The summed E-state index contributed by atoms with van der Waals surface area (Å²) in [6, 6.07) is 10.2. The average Bonchev–Trinajstić information content (AvgIpc) is 2.66. The van der Waals surface area contributed by atoms with Crippen molar-refractivity contribution in [3.8, 4) is 0 Å². The van der Waals surface area contributed by atoms with E-state index in [-0.39, 0.29) is 23.3 Å². The predicted molar refractivity (Wildman–Crippen MR) is 100 cm³/mol. The number of amides is 2. The molecule has 1 aromatic rings. The number of nitrogens with zero attached hydrogens (tertiary/aromatic N) is 2. The van der Waals surface area contributed by atoms with E-state index in [9.17, 15) is 9.59 Å². The lowest BCUT2D eigenvalue weighted by Gasteiger charge is -2.47. The number of carbonyl (C=O) groups is 2. The molecule has 0 bridgehead atoms.